The van der Waals surface area contributed by atoms with Gasteiger partial charge in [0.25, 0.3) is 10.0 Å². The summed E-state index contributed by atoms with van der Waals surface area (Å²) in [6.45, 7) is 3.03. The summed E-state index contributed by atoms with van der Waals surface area (Å²) < 4.78 is 52.2. The molecule has 0 aliphatic carbocycles. The minimum absolute atomic E-state index is 0.0507. The Kier molecular flexibility index (Phi) is 7.78. The second-order valence-electron chi connectivity index (χ2n) is 7.70. The van der Waals surface area contributed by atoms with Gasteiger partial charge in [-0.05, 0) is 73.5 Å². The van der Waals surface area contributed by atoms with Crippen LogP contribution in [0.1, 0.15) is 24.1 Å². The first kappa shape index (κ1) is 25.0. The molecule has 0 radical (unpaired) electrons. The monoisotopic (exact) mass is 486 g/mol. The fraction of sp³-hybridized carbons (Fsp3) is 0.240. The number of rotatable bonds is 9. The molecular formula is C25H27FN2O5S. The van der Waals surface area contributed by atoms with Gasteiger partial charge in [-0.1, -0.05) is 18.2 Å². The normalized spacial score (nSPS) is 12.0. The Morgan fingerprint density at radius 1 is 1.00 bits per heavy atom. The number of amides is 1. The maximum atomic E-state index is 13.7. The van der Waals surface area contributed by atoms with Crippen LogP contribution in [0, 0.1) is 12.7 Å². The third-order valence-electron chi connectivity index (χ3n) is 5.28. The van der Waals surface area contributed by atoms with Gasteiger partial charge in [0, 0.05) is 0 Å². The van der Waals surface area contributed by atoms with Gasteiger partial charge in [-0.2, -0.15) is 0 Å². The molecule has 0 saturated heterocycles. The molecule has 0 bridgehead atoms. The summed E-state index contributed by atoms with van der Waals surface area (Å²) in [5.74, 6) is -0.193. The highest BCUT2D eigenvalue weighted by molar-refractivity contribution is 7.93. The van der Waals surface area contributed by atoms with Crippen LogP contribution in [0.3, 0.4) is 0 Å². The van der Waals surface area contributed by atoms with Gasteiger partial charge in [0.2, 0.25) is 5.91 Å². The van der Waals surface area contributed by atoms with Crippen molar-refractivity contribution in [3.8, 4) is 11.5 Å². The number of nitrogens with one attached hydrogen (secondary N) is 1. The molecule has 0 aliphatic rings. The van der Waals surface area contributed by atoms with Gasteiger partial charge < -0.3 is 14.8 Å². The topological polar surface area (TPSA) is 84.9 Å². The van der Waals surface area contributed by atoms with Crippen molar-refractivity contribution in [3.05, 3.63) is 83.7 Å². The lowest BCUT2D eigenvalue weighted by Crippen LogP contribution is -2.41. The van der Waals surface area contributed by atoms with Gasteiger partial charge in [0.1, 0.15) is 28.8 Å². The summed E-state index contributed by atoms with van der Waals surface area (Å²) in [6, 6.07) is 16.5. The minimum Gasteiger partial charge on any atom is -0.497 e. The van der Waals surface area contributed by atoms with Crippen LogP contribution >= 0.6 is 0 Å². The molecule has 34 heavy (non-hydrogen) atoms. The van der Waals surface area contributed by atoms with E-state index < -0.39 is 28.5 Å². The highest BCUT2D eigenvalue weighted by Crippen LogP contribution is 2.31. The van der Waals surface area contributed by atoms with Gasteiger partial charge in [0.15, 0.2) is 0 Å². The van der Waals surface area contributed by atoms with Gasteiger partial charge in [-0.15, -0.1) is 0 Å². The molecule has 0 aromatic heterocycles. The Labute approximate surface area is 199 Å². The van der Waals surface area contributed by atoms with Crippen LogP contribution < -0.4 is 19.1 Å². The lowest BCUT2D eigenvalue weighted by molar-refractivity contribution is -0.120. The van der Waals surface area contributed by atoms with Crippen LogP contribution in [0.25, 0.3) is 0 Å². The summed E-state index contributed by atoms with van der Waals surface area (Å²) in [7, 11) is -1.29. The number of carbonyl (C=O) groups is 1. The van der Waals surface area contributed by atoms with E-state index in [2.05, 4.69) is 5.32 Å². The summed E-state index contributed by atoms with van der Waals surface area (Å²) in [6.07, 6.45) is 0. The Balaban J connectivity index is 1.96. The average molecular weight is 487 g/mol. The number of methoxy groups -OCH3 is 2. The lowest BCUT2D eigenvalue weighted by Gasteiger charge is -2.26. The van der Waals surface area contributed by atoms with Crippen LogP contribution in [-0.4, -0.2) is 35.1 Å². The van der Waals surface area contributed by atoms with Gasteiger partial charge in [-0.25, -0.2) is 12.8 Å². The molecule has 0 heterocycles. The molecule has 1 atom stereocenters. The number of benzene rings is 3. The van der Waals surface area contributed by atoms with E-state index in [4.69, 9.17) is 9.47 Å². The Bertz CT molecular complexity index is 1250. The number of sulfonamides is 1. The van der Waals surface area contributed by atoms with Crippen LogP contribution in [0.5, 0.6) is 11.5 Å². The minimum atomic E-state index is -4.18. The third kappa shape index (κ3) is 5.66. The van der Waals surface area contributed by atoms with E-state index in [1.54, 1.807) is 62.4 Å². The van der Waals surface area contributed by atoms with Crippen molar-refractivity contribution >= 4 is 21.6 Å². The van der Waals surface area contributed by atoms with E-state index in [0.717, 1.165) is 9.87 Å². The number of hydrogen-bond acceptors (Lipinski definition) is 5. The van der Waals surface area contributed by atoms with Crippen molar-refractivity contribution in [1.29, 1.82) is 0 Å². The number of carbonyl (C=O) groups excluding carboxylic acids is 1. The van der Waals surface area contributed by atoms with E-state index in [1.165, 1.54) is 32.4 Å². The predicted octanol–water partition coefficient (Wildman–Crippen LogP) is 4.22. The Morgan fingerprint density at radius 3 is 2.24 bits per heavy atom. The smallest absolute Gasteiger partial charge is 0.268 e. The van der Waals surface area contributed by atoms with Crippen molar-refractivity contribution < 1.29 is 27.1 Å². The number of hydrogen-bond donors (Lipinski definition) is 1. The zero-order valence-electron chi connectivity index (χ0n) is 19.4. The second kappa shape index (κ2) is 10.6. The molecule has 9 heteroatoms. The summed E-state index contributed by atoms with van der Waals surface area (Å²) >= 11 is 0. The molecule has 0 saturated carbocycles. The number of anilines is 1. The van der Waals surface area contributed by atoms with Crippen molar-refractivity contribution in [2.24, 2.45) is 0 Å². The van der Waals surface area contributed by atoms with E-state index in [9.17, 15) is 17.6 Å². The first-order valence-corrected chi connectivity index (χ1v) is 12.0. The third-order valence-corrected chi connectivity index (χ3v) is 7.08. The number of halogens is 1. The van der Waals surface area contributed by atoms with E-state index >= 15 is 0 Å². The first-order chi connectivity index (χ1) is 16.1. The second-order valence-corrected chi connectivity index (χ2v) is 9.54. The van der Waals surface area contributed by atoms with Crippen molar-refractivity contribution in [2.45, 2.75) is 24.8 Å². The van der Waals surface area contributed by atoms with E-state index in [0.29, 0.717) is 11.3 Å². The van der Waals surface area contributed by atoms with Crippen molar-refractivity contribution in [2.75, 3.05) is 25.1 Å². The fourth-order valence-electron chi connectivity index (χ4n) is 3.42. The molecule has 1 N–H and O–H groups in total. The lowest BCUT2D eigenvalue weighted by atomic mass is 10.1. The molecule has 3 aromatic carbocycles. The zero-order chi connectivity index (χ0) is 24.9. The number of nitrogens with zero attached hydrogens (tertiary/aromatic N) is 1. The molecule has 0 fully saturated rings. The van der Waals surface area contributed by atoms with Gasteiger partial charge in [0.05, 0.1) is 25.9 Å². The van der Waals surface area contributed by atoms with Crippen LogP contribution in [0.4, 0.5) is 10.1 Å². The highest BCUT2D eigenvalue weighted by Gasteiger charge is 2.30. The summed E-state index contributed by atoms with van der Waals surface area (Å²) in [5.41, 5.74) is 1.70. The molecular weight excluding hydrogens is 459 g/mol. The predicted molar refractivity (Wildman–Crippen MR) is 128 cm³/mol. The number of aryl methyl sites for hydroxylation is 1. The zero-order valence-corrected chi connectivity index (χ0v) is 20.2. The van der Waals surface area contributed by atoms with E-state index in [-0.39, 0.29) is 22.1 Å². The van der Waals surface area contributed by atoms with Crippen LogP contribution in [0.2, 0.25) is 0 Å². The largest absolute Gasteiger partial charge is 0.497 e. The Hall–Kier alpha value is -3.59. The average Bonchev–Trinajstić information content (AvgIpc) is 2.83. The fourth-order valence-corrected chi connectivity index (χ4v) is 5.08. The van der Waals surface area contributed by atoms with Crippen LogP contribution in [0.15, 0.2) is 71.6 Å². The highest BCUT2D eigenvalue weighted by atomic mass is 32.2. The van der Waals surface area contributed by atoms with Gasteiger partial charge >= 0.3 is 0 Å². The Morgan fingerprint density at radius 2 is 1.65 bits per heavy atom. The SMILES string of the molecule is COc1ccc(N(CC(=O)N[C@@H](C)c2ccc(F)cc2)S(=O)(=O)c2cc(C)ccc2OC)cc1. The quantitative estimate of drug-likeness (QED) is 0.490. The maximum absolute atomic E-state index is 13.7. The molecule has 3 aromatic rings. The molecule has 0 aliphatic heterocycles. The first-order valence-electron chi connectivity index (χ1n) is 10.5. The standard InChI is InChI=1S/C25H27FN2O5S/c1-17-5-14-23(33-4)24(15-17)34(30,31)28(21-10-12-22(32-3)13-11-21)16-25(29)27-18(2)19-6-8-20(26)9-7-19/h5-15,18H,16H2,1-4H3,(H,27,29)/t18-/m0/s1. The molecule has 1 amide bonds. The van der Waals surface area contributed by atoms with Crippen molar-refractivity contribution in [1.82, 2.24) is 5.32 Å². The van der Waals surface area contributed by atoms with Gasteiger partial charge in [-0.3, -0.25) is 9.10 Å². The number of ether oxygens (including phenoxy) is 2. The molecule has 180 valence electrons. The summed E-state index contributed by atoms with van der Waals surface area (Å²) in [4.78, 5) is 12.9. The molecule has 3 rings (SSSR count). The van der Waals surface area contributed by atoms with Crippen molar-refractivity contribution in [3.63, 3.8) is 0 Å². The molecule has 0 unspecified atom stereocenters. The van der Waals surface area contributed by atoms with Crippen LogP contribution in [-0.2, 0) is 14.8 Å². The maximum Gasteiger partial charge on any atom is 0.268 e. The molecule has 0 spiro atoms. The summed E-state index contributed by atoms with van der Waals surface area (Å²) in [5, 5.41) is 2.78. The molecule has 7 nitrogen and oxygen atoms in total. The van der Waals surface area contributed by atoms with E-state index in [1.807, 2.05) is 0 Å².